The molecular weight excluding hydrogens is 292 g/mol. The largest absolute Gasteiger partial charge is 0.444 e. The predicted molar refractivity (Wildman–Crippen MR) is 92.5 cm³/mol. The summed E-state index contributed by atoms with van der Waals surface area (Å²) in [7, 11) is 0. The van der Waals surface area contributed by atoms with Crippen LogP contribution in [0.2, 0.25) is 0 Å². The molecule has 1 aromatic carbocycles. The molecule has 0 bridgehead atoms. The normalized spacial score (nSPS) is 12.7. The van der Waals surface area contributed by atoms with E-state index in [1.807, 2.05) is 51.1 Å². The van der Waals surface area contributed by atoms with E-state index in [4.69, 9.17) is 4.74 Å². The van der Waals surface area contributed by atoms with Gasteiger partial charge in [0.2, 0.25) is 5.91 Å². The number of amides is 2. The van der Waals surface area contributed by atoms with E-state index in [9.17, 15) is 9.59 Å². The van der Waals surface area contributed by atoms with E-state index >= 15 is 0 Å². The van der Waals surface area contributed by atoms with E-state index < -0.39 is 17.7 Å². The number of ether oxygens (including phenoxy) is 1. The fraction of sp³-hybridized carbons (Fsp3) is 0.556. The minimum Gasteiger partial charge on any atom is -0.444 e. The molecule has 0 aliphatic heterocycles. The Hall–Kier alpha value is -2.04. The van der Waals surface area contributed by atoms with Crippen LogP contribution < -0.4 is 10.2 Å². The molecule has 23 heavy (non-hydrogen) atoms. The Labute approximate surface area is 139 Å². The van der Waals surface area contributed by atoms with E-state index in [1.165, 1.54) is 0 Å². The van der Waals surface area contributed by atoms with Gasteiger partial charge in [-0.3, -0.25) is 4.79 Å². The van der Waals surface area contributed by atoms with Crippen LogP contribution in [0, 0.1) is 5.92 Å². The van der Waals surface area contributed by atoms with E-state index in [1.54, 1.807) is 25.7 Å². The lowest BCUT2D eigenvalue weighted by Gasteiger charge is -2.30. The molecule has 0 saturated carbocycles. The SMILES string of the molecule is CCN(C(=O)[C@@H](NC(=O)OC(C)(C)C)C(C)C)c1ccccc1. The van der Waals surface area contributed by atoms with Crippen LogP contribution in [0.15, 0.2) is 30.3 Å². The first-order valence-corrected chi connectivity index (χ1v) is 8.01. The second kappa shape index (κ2) is 7.99. The first-order valence-electron chi connectivity index (χ1n) is 8.01. The van der Waals surface area contributed by atoms with Crippen LogP contribution >= 0.6 is 0 Å². The molecule has 5 heteroatoms. The van der Waals surface area contributed by atoms with Gasteiger partial charge in [-0.1, -0.05) is 32.0 Å². The van der Waals surface area contributed by atoms with Crippen molar-refractivity contribution < 1.29 is 14.3 Å². The fourth-order valence-electron chi connectivity index (χ4n) is 2.19. The van der Waals surface area contributed by atoms with Gasteiger partial charge in [-0.05, 0) is 45.7 Å². The molecule has 0 heterocycles. The molecule has 1 atom stereocenters. The summed E-state index contributed by atoms with van der Waals surface area (Å²) in [6.45, 7) is 11.6. The van der Waals surface area contributed by atoms with Gasteiger partial charge in [0.1, 0.15) is 11.6 Å². The zero-order valence-electron chi connectivity index (χ0n) is 14.9. The van der Waals surface area contributed by atoms with Gasteiger partial charge in [0, 0.05) is 12.2 Å². The van der Waals surface area contributed by atoms with Crippen molar-refractivity contribution in [2.75, 3.05) is 11.4 Å². The Balaban J connectivity index is 2.91. The standard InChI is InChI=1S/C18H28N2O3/c1-7-20(14-11-9-8-10-12-14)16(21)15(13(2)3)19-17(22)23-18(4,5)6/h8-13,15H,7H2,1-6H3,(H,19,22)/t15-/m0/s1. The lowest BCUT2D eigenvalue weighted by Crippen LogP contribution is -2.52. The maximum atomic E-state index is 12.9. The van der Waals surface area contributed by atoms with E-state index in [0.717, 1.165) is 5.69 Å². The quantitative estimate of drug-likeness (QED) is 0.902. The maximum absolute atomic E-state index is 12.9. The monoisotopic (exact) mass is 320 g/mol. The van der Waals surface area contributed by atoms with Crippen molar-refractivity contribution in [3.63, 3.8) is 0 Å². The molecular formula is C18H28N2O3. The lowest BCUT2D eigenvalue weighted by molar-refractivity contribution is -0.121. The van der Waals surface area contributed by atoms with Crippen LogP contribution in [-0.2, 0) is 9.53 Å². The lowest BCUT2D eigenvalue weighted by atomic mass is 10.0. The number of benzene rings is 1. The van der Waals surface area contributed by atoms with Crippen molar-refractivity contribution >= 4 is 17.7 Å². The van der Waals surface area contributed by atoms with Crippen LogP contribution in [0.5, 0.6) is 0 Å². The molecule has 0 aromatic heterocycles. The molecule has 1 aromatic rings. The number of anilines is 1. The van der Waals surface area contributed by atoms with E-state index in [-0.39, 0.29) is 11.8 Å². The number of alkyl carbamates (subject to hydrolysis) is 1. The third-order valence-electron chi connectivity index (χ3n) is 3.26. The summed E-state index contributed by atoms with van der Waals surface area (Å²) < 4.78 is 5.27. The Kier molecular flexibility index (Phi) is 6.61. The molecule has 0 unspecified atom stereocenters. The number of carbonyl (C=O) groups is 2. The number of likely N-dealkylation sites (N-methyl/N-ethyl adjacent to an activating group) is 1. The van der Waals surface area contributed by atoms with Crippen molar-refractivity contribution in [1.29, 1.82) is 0 Å². The van der Waals surface area contributed by atoms with Gasteiger partial charge < -0.3 is 15.0 Å². The van der Waals surface area contributed by atoms with Gasteiger partial charge in [0.15, 0.2) is 0 Å². The van der Waals surface area contributed by atoms with Crippen molar-refractivity contribution in [1.82, 2.24) is 5.32 Å². The molecule has 0 fully saturated rings. The third-order valence-corrected chi connectivity index (χ3v) is 3.26. The first kappa shape index (κ1) is 19.0. The number of para-hydroxylation sites is 1. The summed E-state index contributed by atoms with van der Waals surface area (Å²) in [5.41, 5.74) is 0.218. The molecule has 5 nitrogen and oxygen atoms in total. The average molecular weight is 320 g/mol. The molecule has 0 radical (unpaired) electrons. The number of rotatable bonds is 5. The first-order chi connectivity index (χ1) is 10.7. The second-order valence-corrected chi connectivity index (χ2v) is 6.79. The highest BCUT2D eigenvalue weighted by Crippen LogP contribution is 2.17. The summed E-state index contributed by atoms with van der Waals surface area (Å²) in [6.07, 6.45) is -0.575. The highest BCUT2D eigenvalue weighted by Gasteiger charge is 2.30. The summed E-state index contributed by atoms with van der Waals surface area (Å²) in [6, 6.07) is 8.80. The zero-order valence-corrected chi connectivity index (χ0v) is 14.9. The fourth-order valence-corrected chi connectivity index (χ4v) is 2.19. The van der Waals surface area contributed by atoms with Gasteiger partial charge in [-0.15, -0.1) is 0 Å². The van der Waals surface area contributed by atoms with Crippen LogP contribution in [-0.4, -0.2) is 30.2 Å². The van der Waals surface area contributed by atoms with Crippen molar-refractivity contribution in [3.05, 3.63) is 30.3 Å². The number of hydrogen-bond donors (Lipinski definition) is 1. The van der Waals surface area contributed by atoms with Crippen LogP contribution in [0.25, 0.3) is 0 Å². The maximum Gasteiger partial charge on any atom is 0.408 e. The minimum absolute atomic E-state index is 0.0484. The molecule has 0 spiro atoms. The number of carbonyl (C=O) groups excluding carboxylic acids is 2. The van der Waals surface area contributed by atoms with Crippen LogP contribution in [0.1, 0.15) is 41.5 Å². The minimum atomic E-state index is -0.634. The summed E-state index contributed by atoms with van der Waals surface area (Å²) in [5.74, 6) is -0.188. The predicted octanol–water partition coefficient (Wildman–Crippen LogP) is 3.59. The molecule has 128 valence electrons. The smallest absolute Gasteiger partial charge is 0.408 e. The Morgan fingerprint density at radius 2 is 1.74 bits per heavy atom. The Bertz CT molecular complexity index is 521. The van der Waals surface area contributed by atoms with Gasteiger partial charge >= 0.3 is 6.09 Å². The average Bonchev–Trinajstić information content (AvgIpc) is 2.44. The van der Waals surface area contributed by atoms with E-state index in [2.05, 4.69) is 5.32 Å². The Morgan fingerprint density at radius 1 is 1.17 bits per heavy atom. The molecule has 0 aliphatic carbocycles. The number of hydrogen-bond acceptors (Lipinski definition) is 3. The molecule has 0 saturated heterocycles. The van der Waals surface area contributed by atoms with Crippen molar-refractivity contribution in [2.45, 2.75) is 53.2 Å². The second-order valence-electron chi connectivity index (χ2n) is 6.79. The van der Waals surface area contributed by atoms with Gasteiger partial charge in [0.05, 0.1) is 0 Å². The highest BCUT2D eigenvalue weighted by molar-refractivity contribution is 5.98. The summed E-state index contributed by atoms with van der Waals surface area (Å²) in [5, 5.41) is 2.70. The Morgan fingerprint density at radius 3 is 2.17 bits per heavy atom. The van der Waals surface area contributed by atoms with E-state index in [0.29, 0.717) is 6.54 Å². The molecule has 1 rings (SSSR count). The topological polar surface area (TPSA) is 58.6 Å². The van der Waals surface area contributed by atoms with Crippen LogP contribution in [0.3, 0.4) is 0 Å². The number of nitrogens with zero attached hydrogens (tertiary/aromatic N) is 1. The van der Waals surface area contributed by atoms with Gasteiger partial charge in [0.25, 0.3) is 0 Å². The summed E-state index contributed by atoms with van der Waals surface area (Å²) >= 11 is 0. The highest BCUT2D eigenvalue weighted by atomic mass is 16.6. The van der Waals surface area contributed by atoms with Crippen molar-refractivity contribution in [3.8, 4) is 0 Å². The molecule has 1 N–H and O–H groups in total. The van der Waals surface area contributed by atoms with Crippen molar-refractivity contribution in [2.24, 2.45) is 5.92 Å². The van der Waals surface area contributed by atoms with Gasteiger partial charge in [-0.2, -0.15) is 0 Å². The molecule has 2 amide bonds. The third kappa shape index (κ3) is 5.93. The number of nitrogens with one attached hydrogen (secondary N) is 1. The zero-order chi connectivity index (χ0) is 17.6. The molecule has 0 aliphatic rings. The van der Waals surface area contributed by atoms with Crippen LogP contribution in [0.4, 0.5) is 10.5 Å². The van der Waals surface area contributed by atoms with Gasteiger partial charge in [-0.25, -0.2) is 4.79 Å². The summed E-state index contributed by atoms with van der Waals surface area (Å²) in [4.78, 5) is 26.6.